The molecule has 0 radical (unpaired) electrons. The Morgan fingerprint density at radius 3 is 2.04 bits per heavy atom. The smallest absolute Gasteiger partial charge is 0.303 e. The summed E-state index contributed by atoms with van der Waals surface area (Å²) in [4.78, 5) is 35.2. The largest absolute Gasteiger partial charge is 0.456 e. The number of rotatable bonds is 5. The second kappa shape index (κ2) is 8.87. The van der Waals surface area contributed by atoms with Gasteiger partial charge in [-0.2, -0.15) is 0 Å². The molecule has 1 aromatic rings. The Morgan fingerprint density at radius 2 is 1.48 bits per heavy atom. The molecule has 1 aromatic carbocycles. The molecule has 136 valence electrons. The molecule has 25 heavy (non-hydrogen) atoms. The van der Waals surface area contributed by atoms with E-state index in [0.717, 1.165) is 4.90 Å². The zero-order chi connectivity index (χ0) is 18.4. The van der Waals surface area contributed by atoms with Crippen LogP contribution in [0.1, 0.15) is 20.8 Å². The van der Waals surface area contributed by atoms with Crippen molar-refractivity contribution < 1.29 is 33.3 Å². The molecule has 1 fully saturated rings. The molecule has 0 saturated carbocycles. The predicted molar refractivity (Wildman–Crippen MR) is 88.7 cm³/mol. The third kappa shape index (κ3) is 5.75. The number of carbonyl (C=O) groups is 3. The van der Waals surface area contributed by atoms with Gasteiger partial charge in [-0.05, 0) is 12.1 Å². The van der Waals surface area contributed by atoms with E-state index < -0.39 is 41.7 Å². The molecule has 4 atom stereocenters. The molecular weight excluding hydrogens is 348 g/mol. The van der Waals surface area contributed by atoms with E-state index in [0.29, 0.717) is 0 Å². The topological polar surface area (TPSA) is 88.1 Å². The average Bonchev–Trinajstić information content (AvgIpc) is 2.52. The van der Waals surface area contributed by atoms with Crippen LogP contribution in [0.3, 0.4) is 0 Å². The SMILES string of the molecule is CC(=O)O[C@@H]1[C@H](OC(C)=O)[C@@H](Sc2ccccc2)OC[C@H]1OC(C)=O. The summed E-state index contributed by atoms with van der Waals surface area (Å²) < 4.78 is 21.6. The second-order valence-electron chi connectivity index (χ2n) is 5.43. The van der Waals surface area contributed by atoms with E-state index in [4.69, 9.17) is 18.9 Å². The highest BCUT2D eigenvalue weighted by molar-refractivity contribution is 7.99. The van der Waals surface area contributed by atoms with E-state index in [1.54, 1.807) is 0 Å². The van der Waals surface area contributed by atoms with Crippen LogP contribution in [0.4, 0.5) is 0 Å². The molecule has 0 N–H and O–H groups in total. The Bertz CT molecular complexity index is 619. The number of ether oxygens (including phenoxy) is 4. The minimum atomic E-state index is -0.944. The van der Waals surface area contributed by atoms with Crippen LogP contribution in [0.15, 0.2) is 35.2 Å². The van der Waals surface area contributed by atoms with Crippen molar-refractivity contribution in [1.82, 2.24) is 0 Å². The Balaban J connectivity index is 2.25. The molecular formula is C17H20O7S. The van der Waals surface area contributed by atoms with E-state index in [1.165, 1.54) is 32.5 Å². The molecule has 0 unspecified atom stereocenters. The predicted octanol–water partition coefficient (Wildman–Crippen LogP) is 1.93. The van der Waals surface area contributed by atoms with Crippen LogP contribution in [0.2, 0.25) is 0 Å². The van der Waals surface area contributed by atoms with Crippen LogP contribution in [0.25, 0.3) is 0 Å². The number of esters is 3. The summed E-state index contributed by atoms with van der Waals surface area (Å²) in [7, 11) is 0. The van der Waals surface area contributed by atoms with Gasteiger partial charge < -0.3 is 18.9 Å². The van der Waals surface area contributed by atoms with Gasteiger partial charge in [-0.15, -0.1) is 0 Å². The minimum absolute atomic E-state index is 0.0276. The van der Waals surface area contributed by atoms with E-state index in [9.17, 15) is 14.4 Å². The van der Waals surface area contributed by atoms with Gasteiger partial charge in [0, 0.05) is 25.7 Å². The molecule has 0 bridgehead atoms. The second-order valence-corrected chi connectivity index (χ2v) is 6.60. The normalized spacial score (nSPS) is 25.7. The van der Waals surface area contributed by atoms with Crippen molar-refractivity contribution >= 4 is 29.7 Å². The lowest BCUT2D eigenvalue weighted by Gasteiger charge is -2.40. The van der Waals surface area contributed by atoms with E-state index in [1.807, 2.05) is 30.3 Å². The fraction of sp³-hybridized carbons (Fsp3) is 0.471. The quantitative estimate of drug-likeness (QED) is 0.575. The lowest BCUT2D eigenvalue weighted by Crippen LogP contribution is -2.56. The summed E-state index contributed by atoms with van der Waals surface area (Å²) >= 11 is 1.34. The lowest BCUT2D eigenvalue weighted by molar-refractivity contribution is -0.213. The van der Waals surface area contributed by atoms with Crippen LogP contribution in [0, 0.1) is 0 Å². The first-order valence-electron chi connectivity index (χ1n) is 7.71. The summed E-state index contributed by atoms with van der Waals surface area (Å²) in [6.45, 7) is 3.77. The molecule has 0 spiro atoms. The molecule has 1 heterocycles. The van der Waals surface area contributed by atoms with Crippen LogP contribution in [0.5, 0.6) is 0 Å². The third-order valence-electron chi connectivity index (χ3n) is 3.30. The Morgan fingerprint density at radius 1 is 0.920 bits per heavy atom. The van der Waals surface area contributed by atoms with E-state index in [2.05, 4.69) is 0 Å². The minimum Gasteiger partial charge on any atom is -0.456 e. The summed E-state index contributed by atoms with van der Waals surface area (Å²) in [5.74, 6) is -1.65. The Kier molecular flexibility index (Phi) is 6.83. The highest BCUT2D eigenvalue weighted by Gasteiger charge is 2.47. The highest BCUT2D eigenvalue weighted by atomic mass is 32.2. The summed E-state index contributed by atoms with van der Waals surface area (Å²) in [6, 6.07) is 9.40. The Hall–Kier alpha value is -2.06. The van der Waals surface area contributed by atoms with Gasteiger partial charge in [0.2, 0.25) is 0 Å². The molecule has 0 aliphatic carbocycles. The van der Waals surface area contributed by atoms with Gasteiger partial charge in [-0.3, -0.25) is 14.4 Å². The summed E-state index contributed by atoms with van der Waals surface area (Å²) in [5, 5.41) is 0. The van der Waals surface area contributed by atoms with Crippen molar-refractivity contribution in [1.29, 1.82) is 0 Å². The first-order valence-corrected chi connectivity index (χ1v) is 8.59. The zero-order valence-electron chi connectivity index (χ0n) is 14.2. The maximum Gasteiger partial charge on any atom is 0.303 e. The molecule has 8 heteroatoms. The van der Waals surface area contributed by atoms with Crippen molar-refractivity contribution in [2.75, 3.05) is 6.61 Å². The highest BCUT2D eigenvalue weighted by Crippen LogP contribution is 2.34. The third-order valence-corrected chi connectivity index (χ3v) is 4.48. The maximum absolute atomic E-state index is 11.5. The number of benzene rings is 1. The molecule has 1 saturated heterocycles. The standard InChI is InChI=1S/C17H20O7S/c1-10(18)22-14-9-21-17(25-13-7-5-4-6-8-13)16(24-12(3)20)15(14)23-11(2)19/h4-8,14-17H,9H2,1-3H3/t14-,15+,16+,17-/m1/s1. The van der Waals surface area contributed by atoms with Gasteiger partial charge in [0.25, 0.3) is 0 Å². The van der Waals surface area contributed by atoms with Crippen LogP contribution in [-0.2, 0) is 33.3 Å². The van der Waals surface area contributed by atoms with Crippen molar-refractivity contribution in [3.05, 3.63) is 30.3 Å². The first kappa shape index (κ1) is 19.3. The van der Waals surface area contributed by atoms with Crippen molar-refractivity contribution in [2.24, 2.45) is 0 Å². The van der Waals surface area contributed by atoms with Crippen LogP contribution in [-0.4, -0.2) is 48.3 Å². The number of hydrogen-bond donors (Lipinski definition) is 0. The summed E-state index contributed by atoms with van der Waals surface area (Å²) in [5.41, 5.74) is -0.609. The molecule has 1 aliphatic heterocycles. The van der Waals surface area contributed by atoms with Crippen LogP contribution >= 0.6 is 11.8 Å². The van der Waals surface area contributed by atoms with E-state index >= 15 is 0 Å². The maximum atomic E-state index is 11.5. The number of carbonyl (C=O) groups excluding carboxylic acids is 3. The van der Waals surface area contributed by atoms with Gasteiger partial charge in [0.15, 0.2) is 18.3 Å². The van der Waals surface area contributed by atoms with Gasteiger partial charge in [-0.25, -0.2) is 0 Å². The number of thioether (sulfide) groups is 1. The monoisotopic (exact) mass is 368 g/mol. The number of hydrogen-bond acceptors (Lipinski definition) is 8. The van der Waals surface area contributed by atoms with E-state index in [-0.39, 0.29) is 6.61 Å². The Labute approximate surface area is 150 Å². The van der Waals surface area contributed by atoms with Crippen molar-refractivity contribution in [2.45, 2.75) is 49.4 Å². The summed E-state index contributed by atoms with van der Waals surface area (Å²) in [6.07, 6.45) is -2.71. The zero-order valence-corrected chi connectivity index (χ0v) is 15.0. The fourth-order valence-electron chi connectivity index (χ4n) is 2.44. The van der Waals surface area contributed by atoms with Crippen molar-refractivity contribution in [3.8, 4) is 0 Å². The van der Waals surface area contributed by atoms with Gasteiger partial charge in [0.1, 0.15) is 5.44 Å². The van der Waals surface area contributed by atoms with Crippen LogP contribution < -0.4 is 0 Å². The molecule has 2 rings (SSSR count). The van der Waals surface area contributed by atoms with Gasteiger partial charge >= 0.3 is 17.9 Å². The average molecular weight is 368 g/mol. The molecule has 0 aromatic heterocycles. The molecule has 1 aliphatic rings. The van der Waals surface area contributed by atoms with Gasteiger partial charge in [0.05, 0.1) is 6.61 Å². The lowest BCUT2D eigenvalue weighted by atomic mass is 10.1. The molecule has 0 amide bonds. The van der Waals surface area contributed by atoms with Crippen molar-refractivity contribution in [3.63, 3.8) is 0 Å². The van der Waals surface area contributed by atoms with Gasteiger partial charge in [-0.1, -0.05) is 30.0 Å². The first-order chi connectivity index (χ1) is 11.9. The fourth-order valence-corrected chi connectivity index (χ4v) is 3.52. The molecule has 7 nitrogen and oxygen atoms in total.